The van der Waals surface area contributed by atoms with Gasteiger partial charge in [0, 0.05) is 27.5 Å². The van der Waals surface area contributed by atoms with Gasteiger partial charge in [-0.3, -0.25) is 10.2 Å². The first-order valence-electron chi connectivity index (χ1n) is 7.55. The highest BCUT2D eigenvalue weighted by atomic mass is 79.9. The maximum atomic E-state index is 12.4. The number of rotatable bonds is 4. The van der Waals surface area contributed by atoms with E-state index in [2.05, 4.69) is 31.8 Å². The number of benzene rings is 2. The Labute approximate surface area is 148 Å². The van der Waals surface area contributed by atoms with E-state index in [0.717, 1.165) is 32.1 Å². The van der Waals surface area contributed by atoms with Crippen LogP contribution in [0.15, 0.2) is 40.9 Å². The van der Waals surface area contributed by atoms with Gasteiger partial charge in [0.1, 0.15) is 11.4 Å². The van der Waals surface area contributed by atoms with Crippen LogP contribution in [0.25, 0.3) is 10.9 Å². The molecule has 0 unspecified atom stereocenters. The van der Waals surface area contributed by atoms with Crippen molar-refractivity contribution in [2.45, 2.75) is 20.4 Å². The first-order chi connectivity index (χ1) is 11.5. The van der Waals surface area contributed by atoms with Crippen molar-refractivity contribution in [1.82, 2.24) is 15.8 Å². The molecule has 0 fully saturated rings. The summed E-state index contributed by atoms with van der Waals surface area (Å²) in [4.78, 5) is 15.5. The molecule has 5 nitrogen and oxygen atoms in total. The number of aromatic nitrogens is 1. The lowest BCUT2D eigenvalue weighted by Crippen LogP contribution is -2.37. The van der Waals surface area contributed by atoms with Crippen LogP contribution >= 0.6 is 15.9 Å². The Morgan fingerprint density at radius 3 is 2.79 bits per heavy atom. The van der Waals surface area contributed by atoms with Crippen molar-refractivity contribution in [3.8, 4) is 5.75 Å². The number of phenolic OH excluding ortho intramolecular Hbond substituents is 1. The SMILES string of the molecule is Cc1ccc(O)c(CNNC(=O)c2[nH]c3ccc(Br)cc3c2C)c1. The van der Waals surface area contributed by atoms with E-state index in [1.807, 2.05) is 44.2 Å². The van der Waals surface area contributed by atoms with Crippen molar-refractivity contribution < 1.29 is 9.90 Å². The van der Waals surface area contributed by atoms with Gasteiger partial charge in [-0.05, 0) is 43.7 Å². The average Bonchev–Trinajstić information content (AvgIpc) is 2.87. The van der Waals surface area contributed by atoms with Crippen LogP contribution in [0.2, 0.25) is 0 Å². The van der Waals surface area contributed by atoms with Gasteiger partial charge >= 0.3 is 0 Å². The molecule has 0 radical (unpaired) electrons. The number of hydrogen-bond donors (Lipinski definition) is 4. The average molecular weight is 388 g/mol. The van der Waals surface area contributed by atoms with E-state index in [1.165, 1.54) is 0 Å². The maximum absolute atomic E-state index is 12.4. The molecule has 1 heterocycles. The summed E-state index contributed by atoms with van der Waals surface area (Å²) in [5.41, 5.74) is 9.63. The molecule has 1 aromatic heterocycles. The zero-order chi connectivity index (χ0) is 17.3. The molecule has 0 atom stereocenters. The molecule has 6 heteroatoms. The second-order valence-corrected chi connectivity index (χ2v) is 6.67. The highest BCUT2D eigenvalue weighted by Crippen LogP contribution is 2.25. The van der Waals surface area contributed by atoms with Crippen molar-refractivity contribution in [2.24, 2.45) is 0 Å². The fraction of sp³-hybridized carbons (Fsp3) is 0.167. The highest BCUT2D eigenvalue weighted by molar-refractivity contribution is 9.10. The van der Waals surface area contributed by atoms with Gasteiger partial charge in [-0.2, -0.15) is 0 Å². The molecule has 0 aliphatic rings. The van der Waals surface area contributed by atoms with Crippen LogP contribution < -0.4 is 10.9 Å². The first kappa shape index (κ1) is 16.5. The van der Waals surface area contributed by atoms with Gasteiger partial charge in [0.2, 0.25) is 0 Å². The van der Waals surface area contributed by atoms with Crippen LogP contribution in [-0.4, -0.2) is 16.0 Å². The first-order valence-corrected chi connectivity index (χ1v) is 8.34. The Morgan fingerprint density at radius 2 is 2.00 bits per heavy atom. The number of amides is 1. The summed E-state index contributed by atoms with van der Waals surface area (Å²) in [6, 6.07) is 11.2. The topological polar surface area (TPSA) is 77.2 Å². The third kappa shape index (κ3) is 3.29. The van der Waals surface area contributed by atoms with E-state index < -0.39 is 0 Å². The van der Waals surface area contributed by atoms with Gasteiger partial charge in [0.25, 0.3) is 5.91 Å². The van der Waals surface area contributed by atoms with Gasteiger partial charge in [-0.25, -0.2) is 5.43 Å². The minimum atomic E-state index is -0.244. The van der Waals surface area contributed by atoms with Crippen molar-refractivity contribution >= 4 is 32.7 Å². The predicted molar refractivity (Wildman–Crippen MR) is 97.9 cm³/mol. The number of carbonyl (C=O) groups excluding carboxylic acids is 1. The van der Waals surface area contributed by atoms with Gasteiger partial charge in [-0.15, -0.1) is 0 Å². The number of phenols is 1. The largest absolute Gasteiger partial charge is 0.508 e. The van der Waals surface area contributed by atoms with Crippen LogP contribution in [0.5, 0.6) is 5.75 Å². The Hall–Kier alpha value is -2.31. The molecule has 0 spiro atoms. The van der Waals surface area contributed by atoms with Crippen molar-refractivity contribution in [2.75, 3.05) is 0 Å². The van der Waals surface area contributed by atoms with Gasteiger partial charge in [-0.1, -0.05) is 33.6 Å². The van der Waals surface area contributed by atoms with Gasteiger partial charge < -0.3 is 10.1 Å². The molecular formula is C18H18BrN3O2. The van der Waals surface area contributed by atoms with Gasteiger partial charge in [0.05, 0.1) is 0 Å². The summed E-state index contributed by atoms with van der Waals surface area (Å²) in [6.45, 7) is 4.20. The quantitative estimate of drug-likeness (QED) is 0.515. The standard InChI is InChI=1S/C18H18BrN3O2/c1-10-3-6-16(23)12(7-10)9-20-22-18(24)17-11(2)14-8-13(19)4-5-15(14)21-17/h3-8,20-21,23H,9H2,1-2H3,(H,22,24). The minimum Gasteiger partial charge on any atom is -0.508 e. The molecule has 24 heavy (non-hydrogen) atoms. The summed E-state index contributed by atoms with van der Waals surface area (Å²) in [6.07, 6.45) is 0. The van der Waals surface area contributed by atoms with Crippen LogP contribution in [0, 0.1) is 13.8 Å². The highest BCUT2D eigenvalue weighted by Gasteiger charge is 2.14. The molecule has 0 aliphatic carbocycles. The lowest BCUT2D eigenvalue weighted by molar-refractivity contribution is 0.0927. The number of halogens is 1. The maximum Gasteiger partial charge on any atom is 0.282 e. The number of fused-ring (bicyclic) bond motifs is 1. The van der Waals surface area contributed by atoms with E-state index >= 15 is 0 Å². The lowest BCUT2D eigenvalue weighted by Gasteiger charge is -2.09. The normalized spacial score (nSPS) is 11.0. The van der Waals surface area contributed by atoms with Crippen molar-refractivity contribution in [3.63, 3.8) is 0 Å². The number of hydrazine groups is 1. The van der Waals surface area contributed by atoms with Gasteiger partial charge in [0.15, 0.2) is 0 Å². The van der Waals surface area contributed by atoms with E-state index in [4.69, 9.17) is 0 Å². The minimum absolute atomic E-state index is 0.203. The molecule has 0 aliphatic heterocycles. The van der Waals surface area contributed by atoms with Crippen LogP contribution in [0.1, 0.15) is 27.2 Å². The monoisotopic (exact) mass is 387 g/mol. The molecule has 1 amide bonds. The molecule has 0 bridgehead atoms. The summed E-state index contributed by atoms with van der Waals surface area (Å²) in [5, 5.41) is 10.8. The molecule has 3 rings (SSSR count). The fourth-order valence-corrected chi connectivity index (χ4v) is 3.03. The lowest BCUT2D eigenvalue weighted by atomic mass is 10.1. The van der Waals surface area contributed by atoms with E-state index in [1.54, 1.807) is 6.07 Å². The molecule has 4 N–H and O–H groups in total. The Balaban J connectivity index is 1.71. The Morgan fingerprint density at radius 1 is 1.21 bits per heavy atom. The number of aryl methyl sites for hydroxylation is 2. The fourth-order valence-electron chi connectivity index (χ4n) is 2.66. The molecule has 2 aromatic carbocycles. The zero-order valence-corrected chi connectivity index (χ0v) is 15.0. The van der Waals surface area contributed by atoms with E-state index in [9.17, 15) is 9.90 Å². The second kappa shape index (κ2) is 6.67. The number of hydrogen-bond acceptors (Lipinski definition) is 3. The summed E-state index contributed by atoms with van der Waals surface area (Å²) < 4.78 is 0.970. The van der Waals surface area contributed by atoms with Crippen molar-refractivity contribution in [1.29, 1.82) is 0 Å². The number of aromatic hydroxyl groups is 1. The third-order valence-electron chi connectivity index (χ3n) is 3.96. The number of H-pyrrole nitrogens is 1. The number of carbonyl (C=O) groups is 1. The van der Waals surface area contributed by atoms with Crippen LogP contribution in [0.3, 0.4) is 0 Å². The molecule has 124 valence electrons. The summed E-state index contributed by atoms with van der Waals surface area (Å²) >= 11 is 3.44. The van der Waals surface area contributed by atoms with Crippen LogP contribution in [-0.2, 0) is 6.54 Å². The van der Waals surface area contributed by atoms with E-state index in [0.29, 0.717) is 12.2 Å². The Bertz CT molecular complexity index is 918. The number of aromatic amines is 1. The molecule has 0 saturated carbocycles. The predicted octanol–water partition coefficient (Wildman–Crippen LogP) is 3.69. The van der Waals surface area contributed by atoms with Crippen LogP contribution in [0.4, 0.5) is 0 Å². The second-order valence-electron chi connectivity index (χ2n) is 5.75. The Kier molecular flexibility index (Phi) is 4.59. The van der Waals surface area contributed by atoms with Crippen molar-refractivity contribution in [3.05, 3.63) is 63.3 Å². The van der Waals surface area contributed by atoms with E-state index in [-0.39, 0.29) is 11.7 Å². The smallest absolute Gasteiger partial charge is 0.282 e. The number of nitrogens with one attached hydrogen (secondary N) is 3. The molecular weight excluding hydrogens is 370 g/mol. The molecule has 0 saturated heterocycles. The molecule has 3 aromatic rings. The summed E-state index contributed by atoms with van der Waals surface area (Å²) in [7, 11) is 0. The third-order valence-corrected chi connectivity index (χ3v) is 4.46. The summed E-state index contributed by atoms with van der Waals surface area (Å²) in [5.74, 6) is -0.0408. The zero-order valence-electron chi connectivity index (χ0n) is 13.4.